The van der Waals surface area contributed by atoms with Crippen molar-refractivity contribution in [1.29, 1.82) is 0 Å². The first kappa shape index (κ1) is 18.4. The second kappa shape index (κ2) is 8.80. The molecular formula is C18H20F2N2OS. The highest BCUT2D eigenvalue weighted by atomic mass is 32.2. The molecule has 0 bridgehead atoms. The Hall–Kier alpha value is -1.92. The first-order valence-electron chi connectivity index (χ1n) is 7.53. The Morgan fingerprint density at radius 1 is 1.17 bits per heavy atom. The number of amides is 1. The minimum Gasteiger partial charge on any atom is -0.353 e. The van der Waals surface area contributed by atoms with Gasteiger partial charge in [-0.25, -0.2) is 8.78 Å². The zero-order valence-electron chi connectivity index (χ0n) is 13.6. The van der Waals surface area contributed by atoms with Crippen LogP contribution < -0.4 is 5.32 Å². The molecule has 0 aliphatic heterocycles. The van der Waals surface area contributed by atoms with Crippen LogP contribution in [0.25, 0.3) is 0 Å². The fourth-order valence-corrected chi connectivity index (χ4v) is 3.06. The first-order chi connectivity index (χ1) is 11.5. The number of likely N-dealkylation sites (N-methyl/N-ethyl adjacent to an activating group) is 1. The first-order valence-corrected chi connectivity index (χ1v) is 8.52. The van der Waals surface area contributed by atoms with Gasteiger partial charge in [-0.2, -0.15) is 0 Å². The van der Waals surface area contributed by atoms with Crippen LogP contribution in [-0.4, -0.2) is 37.2 Å². The van der Waals surface area contributed by atoms with E-state index in [0.717, 1.165) is 35.5 Å². The quantitative estimate of drug-likeness (QED) is 0.776. The fourth-order valence-electron chi connectivity index (χ4n) is 2.27. The number of hydrogen-bond acceptors (Lipinski definition) is 3. The van der Waals surface area contributed by atoms with Crippen LogP contribution in [0.4, 0.5) is 8.78 Å². The molecule has 0 aliphatic rings. The third-order valence-corrected chi connectivity index (χ3v) is 4.58. The van der Waals surface area contributed by atoms with E-state index in [0.29, 0.717) is 6.54 Å². The van der Waals surface area contributed by atoms with E-state index in [1.54, 1.807) is 0 Å². The Balaban J connectivity index is 1.88. The van der Waals surface area contributed by atoms with Crippen molar-refractivity contribution in [2.24, 2.45) is 0 Å². The molecule has 128 valence electrons. The summed E-state index contributed by atoms with van der Waals surface area (Å²) in [6.45, 7) is 0.446. The largest absolute Gasteiger partial charge is 0.353 e. The summed E-state index contributed by atoms with van der Waals surface area (Å²) in [4.78, 5) is 14.2. The van der Waals surface area contributed by atoms with Gasteiger partial charge in [0, 0.05) is 11.4 Å². The lowest BCUT2D eigenvalue weighted by Gasteiger charge is -2.25. The Morgan fingerprint density at radius 2 is 1.88 bits per heavy atom. The predicted octanol–water partition coefficient (Wildman–Crippen LogP) is 3.48. The lowest BCUT2D eigenvalue weighted by atomic mass is 10.1. The highest BCUT2D eigenvalue weighted by Crippen LogP contribution is 2.22. The highest BCUT2D eigenvalue weighted by molar-refractivity contribution is 8.00. The summed E-state index contributed by atoms with van der Waals surface area (Å²) < 4.78 is 26.7. The van der Waals surface area contributed by atoms with Crippen molar-refractivity contribution in [3.8, 4) is 0 Å². The highest BCUT2D eigenvalue weighted by Gasteiger charge is 2.15. The molecular weight excluding hydrogens is 330 g/mol. The van der Waals surface area contributed by atoms with E-state index in [9.17, 15) is 13.6 Å². The lowest BCUT2D eigenvalue weighted by Crippen LogP contribution is -2.35. The van der Waals surface area contributed by atoms with E-state index in [1.807, 2.05) is 49.3 Å². The topological polar surface area (TPSA) is 32.3 Å². The smallest absolute Gasteiger partial charge is 0.230 e. The zero-order chi connectivity index (χ0) is 17.5. The average molecular weight is 350 g/mol. The minimum absolute atomic E-state index is 0.0370. The third kappa shape index (κ3) is 5.32. The molecule has 2 rings (SSSR count). The molecule has 0 saturated heterocycles. The third-order valence-electron chi connectivity index (χ3n) is 3.55. The van der Waals surface area contributed by atoms with E-state index in [4.69, 9.17) is 0 Å². The number of nitrogens with zero attached hydrogens (tertiary/aromatic N) is 1. The van der Waals surface area contributed by atoms with Gasteiger partial charge in [0.15, 0.2) is 0 Å². The molecule has 6 heteroatoms. The van der Waals surface area contributed by atoms with E-state index in [2.05, 4.69) is 5.32 Å². The van der Waals surface area contributed by atoms with Crippen LogP contribution >= 0.6 is 11.8 Å². The number of hydrogen-bond donors (Lipinski definition) is 1. The number of rotatable bonds is 7. The number of halogens is 2. The molecule has 0 aliphatic carbocycles. The molecule has 2 aromatic carbocycles. The molecule has 0 aromatic heterocycles. The van der Waals surface area contributed by atoms with Gasteiger partial charge in [-0.15, -0.1) is 11.8 Å². The molecule has 1 atom stereocenters. The summed E-state index contributed by atoms with van der Waals surface area (Å²) in [6, 6.07) is 13.1. The maximum Gasteiger partial charge on any atom is 0.230 e. The summed E-state index contributed by atoms with van der Waals surface area (Å²) in [5.74, 6) is -1.22. The number of thioether (sulfide) groups is 1. The van der Waals surface area contributed by atoms with Gasteiger partial charge in [0.1, 0.15) is 11.6 Å². The summed E-state index contributed by atoms with van der Waals surface area (Å²) in [5.41, 5.74) is 1.10. The molecule has 0 heterocycles. The molecule has 1 N–H and O–H groups in total. The van der Waals surface area contributed by atoms with Crippen LogP contribution in [0.5, 0.6) is 0 Å². The molecule has 0 spiro atoms. The number of carbonyl (C=O) groups excluding carboxylic acids is 1. The molecule has 0 saturated carbocycles. The van der Waals surface area contributed by atoms with E-state index >= 15 is 0 Å². The monoisotopic (exact) mass is 350 g/mol. The Kier molecular flexibility index (Phi) is 6.75. The van der Waals surface area contributed by atoms with Crippen molar-refractivity contribution in [1.82, 2.24) is 10.2 Å². The molecule has 3 nitrogen and oxygen atoms in total. The Morgan fingerprint density at radius 3 is 2.54 bits per heavy atom. The standard InChI is InChI=1S/C18H20F2N2OS/c1-22(2)16(13-6-4-3-5-7-13)11-21-18(23)12-24-17-10-14(19)8-9-15(17)20/h3-10,16H,11-12H2,1-2H3,(H,21,23). The van der Waals surface area contributed by atoms with Gasteiger partial charge in [-0.05, 0) is 37.9 Å². The van der Waals surface area contributed by atoms with Crippen molar-refractivity contribution in [3.63, 3.8) is 0 Å². The second-order valence-corrected chi connectivity index (χ2v) is 6.57. The SMILES string of the molecule is CN(C)C(CNC(=O)CSc1cc(F)ccc1F)c1ccccc1. The van der Waals surface area contributed by atoms with Gasteiger partial charge >= 0.3 is 0 Å². The average Bonchev–Trinajstić information content (AvgIpc) is 2.56. The van der Waals surface area contributed by atoms with Crippen LogP contribution in [0.1, 0.15) is 11.6 Å². The summed E-state index contributed by atoms with van der Waals surface area (Å²) in [7, 11) is 3.89. The van der Waals surface area contributed by atoms with E-state index in [1.165, 1.54) is 0 Å². The lowest BCUT2D eigenvalue weighted by molar-refractivity contribution is -0.118. The van der Waals surface area contributed by atoms with Crippen molar-refractivity contribution < 1.29 is 13.6 Å². The summed E-state index contributed by atoms with van der Waals surface area (Å²) >= 11 is 0.985. The fraction of sp³-hybridized carbons (Fsp3) is 0.278. The van der Waals surface area contributed by atoms with Gasteiger partial charge in [-0.3, -0.25) is 4.79 Å². The maximum absolute atomic E-state index is 13.5. The number of carbonyl (C=O) groups is 1. The molecule has 1 unspecified atom stereocenters. The molecule has 0 fully saturated rings. The van der Waals surface area contributed by atoms with Gasteiger partial charge in [0.2, 0.25) is 5.91 Å². The van der Waals surface area contributed by atoms with Crippen molar-refractivity contribution >= 4 is 17.7 Å². The van der Waals surface area contributed by atoms with Gasteiger partial charge in [-0.1, -0.05) is 30.3 Å². The minimum atomic E-state index is -0.523. The van der Waals surface area contributed by atoms with Crippen LogP contribution in [-0.2, 0) is 4.79 Å². The predicted molar refractivity (Wildman–Crippen MR) is 93.0 cm³/mol. The molecule has 1 amide bonds. The van der Waals surface area contributed by atoms with Crippen molar-refractivity contribution in [2.45, 2.75) is 10.9 Å². The van der Waals surface area contributed by atoms with Crippen molar-refractivity contribution in [2.75, 3.05) is 26.4 Å². The Labute approximate surface area is 145 Å². The van der Waals surface area contributed by atoms with E-state index < -0.39 is 11.6 Å². The molecule has 2 aromatic rings. The normalized spacial score (nSPS) is 12.2. The maximum atomic E-state index is 13.5. The zero-order valence-corrected chi connectivity index (χ0v) is 14.4. The van der Waals surface area contributed by atoms with Gasteiger partial charge < -0.3 is 10.2 Å². The Bertz CT molecular complexity index is 680. The number of nitrogens with one attached hydrogen (secondary N) is 1. The van der Waals surface area contributed by atoms with Gasteiger partial charge in [0.05, 0.1) is 11.8 Å². The van der Waals surface area contributed by atoms with Crippen LogP contribution in [0.3, 0.4) is 0 Å². The van der Waals surface area contributed by atoms with Crippen LogP contribution in [0.15, 0.2) is 53.4 Å². The summed E-state index contributed by atoms with van der Waals surface area (Å²) in [6.07, 6.45) is 0. The molecule has 0 radical (unpaired) electrons. The van der Waals surface area contributed by atoms with E-state index in [-0.39, 0.29) is 22.6 Å². The molecule has 24 heavy (non-hydrogen) atoms. The summed E-state index contributed by atoms with van der Waals surface area (Å²) in [5, 5.41) is 2.85. The van der Waals surface area contributed by atoms with Crippen LogP contribution in [0.2, 0.25) is 0 Å². The van der Waals surface area contributed by atoms with Gasteiger partial charge in [0.25, 0.3) is 0 Å². The number of benzene rings is 2. The second-order valence-electron chi connectivity index (χ2n) is 5.56. The van der Waals surface area contributed by atoms with Crippen LogP contribution in [0, 0.1) is 11.6 Å². The van der Waals surface area contributed by atoms with Crippen molar-refractivity contribution in [3.05, 3.63) is 65.7 Å².